The highest BCUT2D eigenvalue weighted by Gasteiger charge is 2.20. The van der Waals surface area contributed by atoms with E-state index in [-0.39, 0.29) is 0 Å². The Balaban J connectivity index is 2.32. The molecule has 0 amide bonds. The van der Waals surface area contributed by atoms with E-state index in [1.165, 1.54) is 161 Å². The standard InChI is InChI=1S/C37H70/c1-6-9-11-13-17-25-35(24-16-12-10-7-2)26-18-14-15-19-27-36(28-20-21-29-37-31-32-37)30-22-23-34(5)33(4)8-3/h8,26,33-34,36-37H,3,6-7,9-25,27-32H2,1-2,4-5H3/b35-26+. The Bertz CT molecular complexity index is 524. The van der Waals surface area contributed by atoms with Crippen molar-refractivity contribution in [2.24, 2.45) is 23.7 Å². The van der Waals surface area contributed by atoms with Crippen molar-refractivity contribution in [3.8, 4) is 0 Å². The molecule has 0 heteroatoms. The van der Waals surface area contributed by atoms with Crippen LogP contribution >= 0.6 is 0 Å². The molecule has 0 aromatic heterocycles. The van der Waals surface area contributed by atoms with Crippen molar-refractivity contribution in [2.75, 3.05) is 0 Å². The van der Waals surface area contributed by atoms with Crippen LogP contribution in [0.5, 0.6) is 0 Å². The summed E-state index contributed by atoms with van der Waals surface area (Å²) in [6, 6.07) is 0. The Morgan fingerprint density at radius 2 is 1.24 bits per heavy atom. The minimum atomic E-state index is 0.665. The maximum absolute atomic E-state index is 4.01. The normalized spacial score (nSPS) is 16.6. The fourth-order valence-corrected chi connectivity index (χ4v) is 6.05. The number of hydrogen-bond acceptors (Lipinski definition) is 0. The van der Waals surface area contributed by atoms with Gasteiger partial charge in [-0.3, -0.25) is 0 Å². The molecule has 3 atom stereocenters. The van der Waals surface area contributed by atoms with Gasteiger partial charge in [-0.15, -0.1) is 6.58 Å². The highest BCUT2D eigenvalue weighted by molar-refractivity contribution is 5.02. The predicted octanol–water partition coefficient (Wildman–Crippen LogP) is 13.4. The Kier molecular flexibility index (Phi) is 22.9. The Morgan fingerprint density at radius 3 is 1.86 bits per heavy atom. The minimum Gasteiger partial charge on any atom is -0.103 e. The highest BCUT2D eigenvalue weighted by atomic mass is 14.3. The van der Waals surface area contributed by atoms with E-state index in [4.69, 9.17) is 0 Å². The fraction of sp³-hybridized carbons (Fsp3) is 0.892. The average Bonchev–Trinajstić information content (AvgIpc) is 3.73. The second-order valence-electron chi connectivity index (χ2n) is 13.1. The lowest BCUT2D eigenvalue weighted by Gasteiger charge is -2.20. The van der Waals surface area contributed by atoms with Gasteiger partial charge in [0.2, 0.25) is 0 Å². The molecule has 0 radical (unpaired) electrons. The summed E-state index contributed by atoms with van der Waals surface area (Å²) in [5.74, 6) is 3.55. The average molecular weight is 515 g/mol. The van der Waals surface area contributed by atoms with Gasteiger partial charge in [0.25, 0.3) is 0 Å². The zero-order valence-corrected chi connectivity index (χ0v) is 26.3. The van der Waals surface area contributed by atoms with E-state index in [9.17, 15) is 0 Å². The zero-order chi connectivity index (χ0) is 27.0. The number of allylic oxidation sites excluding steroid dienone is 3. The molecular weight excluding hydrogens is 444 g/mol. The molecular formula is C37H70. The lowest BCUT2D eigenvalue weighted by molar-refractivity contribution is 0.339. The predicted molar refractivity (Wildman–Crippen MR) is 170 cm³/mol. The summed E-state index contributed by atoms with van der Waals surface area (Å²) < 4.78 is 0. The first-order valence-corrected chi connectivity index (χ1v) is 17.4. The monoisotopic (exact) mass is 515 g/mol. The van der Waals surface area contributed by atoms with E-state index >= 15 is 0 Å². The van der Waals surface area contributed by atoms with E-state index in [0.717, 1.165) is 17.8 Å². The molecule has 0 nitrogen and oxygen atoms in total. The summed E-state index contributed by atoms with van der Waals surface area (Å²) in [5, 5.41) is 0. The Morgan fingerprint density at radius 1 is 0.676 bits per heavy atom. The lowest BCUT2D eigenvalue weighted by Crippen LogP contribution is -2.07. The Hall–Kier alpha value is -0.520. The van der Waals surface area contributed by atoms with Crippen LogP contribution in [0, 0.1) is 23.7 Å². The molecule has 0 bridgehead atoms. The minimum absolute atomic E-state index is 0.665. The van der Waals surface area contributed by atoms with Crippen molar-refractivity contribution in [1.29, 1.82) is 0 Å². The van der Waals surface area contributed by atoms with Crippen molar-refractivity contribution in [2.45, 2.75) is 188 Å². The van der Waals surface area contributed by atoms with Crippen molar-refractivity contribution in [3.63, 3.8) is 0 Å². The summed E-state index contributed by atoms with van der Waals surface area (Å²) in [6.45, 7) is 13.4. The van der Waals surface area contributed by atoms with Crippen LogP contribution in [-0.4, -0.2) is 0 Å². The maximum atomic E-state index is 4.01. The summed E-state index contributed by atoms with van der Waals surface area (Å²) in [6.07, 6.45) is 40.7. The lowest BCUT2D eigenvalue weighted by atomic mass is 9.86. The van der Waals surface area contributed by atoms with Gasteiger partial charge in [0, 0.05) is 0 Å². The third-order valence-corrected chi connectivity index (χ3v) is 9.42. The molecule has 3 unspecified atom stereocenters. The van der Waals surface area contributed by atoms with Gasteiger partial charge in [0.15, 0.2) is 0 Å². The molecule has 0 aliphatic heterocycles. The van der Waals surface area contributed by atoms with Crippen LogP contribution < -0.4 is 0 Å². The molecule has 0 saturated heterocycles. The van der Waals surface area contributed by atoms with E-state index in [1.54, 1.807) is 5.57 Å². The van der Waals surface area contributed by atoms with Gasteiger partial charge in [0.05, 0.1) is 0 Å². The van der Waals surface area contributed by atoms with Gasteiger partial charge in [-0.05, 0) is 62.2 Å². The van der Waals surface area contributed by atoms with Gasteiger partial charge in [-0.25, -0.2) is 0 Å². The molecule has 0 heterocycles. The van der Waals surface area contributed by atoms with Crippen LogP contribution in [0.4, 0.5) is 0 Å². The molecule has 37 heavy (non-hydrogen) atoms. The van der Waals surface area contributed by atoms with Gasteiger partial charge < -0.3 is 0 Å². The van der Waals surface area contributed by atoms with Crippen LogP contribution in [0.3, 0.4) is 0 Å². The third-order valence-electron chi connectivity index (χ3n) is 9.42. The molecule has 1 aliphatic carbocycles. The largest absolute Gasteiger partial charge is 0.103 e. The second-order valence-corrected chi connectivity index (χ2v) is 13.1. The summed E-state index contributed by atoms with van der Waals surface area (Å²) >= 11 is 0. The molecule has 0 spiro atoms. The molecule has 1 aliphatic rings. The SMILES string of the molecule is C=CC(C)C(C)CCCC(CCCCC/C=C(\CCCCCC)CCCCCCC)CCCCC1CC1. The first-order valence-electron chi connectivity index (χ1n) is 17.4. The molecule has 218 valence electrons. The number of hydrogen-bond donors (Lipinski definition) is 0. The fourth-order valence-electron chi connectivity index (χ4n) is 6.05. The topological polar surface area (TPSA) is 0 Å². The quantitative estimate of drug-likeness (QED) is 0.0719. The van der Waals surface area contributed by atoms with Crippen molar-refractivity contribution >= 4 is 0 Å². The van der Waals surface area contributed by atoms with Crippen LogP contribution in [0.2, 0.25) is 0 Å². The highest BCUT2D eigenvalue weighted by Crippen LogP contribution is 2.35. The Labute approximate surface area is 235 Å². The van der Waals surface area contributed by atoms with Crippen molar-refractivity contribution < 1.29 is 0 Å². The van der Waals surface area contributed by atoms with Crippen LogP contribution in [-0.2, 0) is 0 Å². The summed E-state index contributed by atoms with van der Waals surface area (Å²) in [5.41, 5.74) is 1.80. The smallest absolute Gasteiger partial charge is 0.0239 e. The van der Waals surface area contributed by atoms with E-state index in [0.29, 0.717) is 5.92 Å². The number of rotatable bonds is 28. The molecule has 0 N–H and O–H groups in total. The first-order chi connectivity index (χ1) is 18.1. The molecule has 1 fully saturated rings. The zero-order valence-electron chi connectivity index (χ0n) is 26.3. The summed E-state index contributed by atoms with van der Waals surface area (Å²) in [4.78, 5) is 0. The van der Waals surface area contributed by atoms with Gasteiger partial charge in [-0.2, -0.15) is 0 Å². The molecule has 0 aromatic carbocycles. The van der Waals surface area contributed by atoms with Gasteiger partial charge >= 0.3 is 0 Å². The van der Waals surface area contributed by atoms with Crippen molar-refractivity contribution in [1.82, 2.24) is 0 Å². The molecule has 1 rings (SSSR count). The van der Waals surface area contributed by atoms with Gasteiger partial charge in [0.1, 0.15) is 0 Å². The van der Waals surface area contributed by atoms with E-state index in [1.807, 2.05) is 0 Å². The third kappa shape index (κ3) is 21.0. The number of unbranched alkanes of at least 4 members (excludes halogenated alkanes) is 11. The van der Waals surface area contributed by atoms with Crippen LogP contribution in [0.1, 0.15) is 188 Å². The van der Waals surface area contributed by atoms with E-state index in [2.05, 4.69) is 46.4 Å². The second kappa shape index (κ2) is 24.5. The maximum Gasteiger partial charge on any atom is -0.0239 e. The summed E-state index contributed by atoms with van der Waals surface area (Å²) in [7, 11) is 0. The van der Waals surface area contributed by atoms with Crippen molar-refractivity contribution in [3.05, 3.63) is 24.3 Å². The molecule has 1 saturated carbocycles. The van der Waals surface area contributed by atoms with E-state index < -0.39 is 0 Å². The van der Waals surface area contributed by atoms with Gasteiger partial charge in [-0.1, -0.05) is 167 Å². The van der Waals surface area contributed by atoms with Crippen LogP contribution in [0.15, 0.2) is 24.3 Å². The van der Waals surface area contributed by atoms with Crippen LogP contribution in [0.25, 0.3) is 0 Å². The first kappa shape index (κ1) is 34.5. The molecule has 0 aromatic rings.